The van der Waals surface area contributed by atoms with Crippen LogP contribution in [0.25, 0.3) is 0 Å². The molecule has 1 aliphatic heterocycles. The highest BCUT2D eigenvalue weighted by atomic mass is 16.2. The van der Waals surface area contributed by atoms with Gasteiger partial charge >= 0.3 is 0 Å². The molecule has 1 aliphatic rings. The number of likely N-dealkylation sites (N-methyl/N-ethyl adjacent to an activating group) is 1. The van der Waals surface area contributed by atoms with E-state index < -0.39 is 0 Å². The number of carbonyl (C=O) groups is 2. The molecular weight excluding hydrogens is 314 g/mol. The van der Waals surface area contributed by atoms with Crippen molar-refractivity contribution in [2.24, 2.45) is 0 Å². The molecule has 0 spiro atoms. The van der Waals surface area contributed by atoms with Gasteiger partial charge in [-0.3, -0.25) is 9.59 Å². The highest BCUT2D eigenvalue weighted by Crippen LogP contribution is 2.29. The van der Waals surface area contributed by atoms with Crippen LogP contribution in [0.5, 0.6) is 0 Å². The number of nitrogens with zero attached hydrogens (tertiary/aromatic N) is 1. The smallest absolute Gasteiger partial charge is 0.282 e. The standard InChI is InChI=1S/C20H31N3O2/c1-5-12-23(14-18(24)21-4)13-7-6-11-17(23)20(25)22-19-15(2)9-8-10-16(19)3/h8-10,17H,5-7,11-14H2,1-4H3,(H-,21,22,24,25)/p+1/t17-,23?/m0/s1. The molecule has 0 bridgehead atoms. The first kappa shape index (κ1) is 19.4. The monoisotopic (exact) mass is 346 g/mol. The van der Waals surface area contributed by atoms with Crippen LogP contribution < -0.4 is 10.6 Å². The van der Waals surface area contributed by atoms with Crippen LogP contribution in [-0.2, 0) is 9.59 Å². The highest BCUT2D eigenvalue weighted by molar-refractivity contribution is 5.95. The summed E-state index contributed by atoms with van der Waals surface area (Å²) in [6.07, 6.45) is 3.92. The molecule has 5 heteroatoms. The summed E-state index contributed by atoms with van der Waals surface area (Å²) in [5.74, 6) is 0.0645. The van der Waals surface area contributed by atoms with E-state index in [0.29, 0.717) is 11.0 Å². The number of hydrogen-bond donors (Lipinski definition) is 2. The minimum absolute atomic E-state index is 0.0141. The summed E-state index contributed by atoms with van der Waals surface area (Å²) in [5.41, 5.74) is 3.06. The van der Waals surface area contributed by atoms with Crippen molar-refractivity contribution in [3.8, 4) is 0 Å². The Morgan fingerprint density at radius 1 is 1.20 bits per heavy atom. The summed E-state index contributed by atoms with van der Waals surface area (Å²) >= 11 is 0. The van der Waals surface area contributed by atoms with Crippen LogP contribution in [0.4, 0.5) is 5.69 Å². The molecule has 1 unspecified atom stereocenters. The molecular formula is C20H32N3O2+. The van der Waals surface area contributed by atoms with Crippen LogP contribution in [0.1, 0.15) is 43.7 Å². The molecule has 1 saturated heterocycles. The topological polar surface area (TPSA) is 58.2 Å². The maximum Gasteiger partial charge on any atom is 0.282 e. The Morgan fingerprint density at radius 2 is 1.88 bits per heavy atom. The normalized spacial score (nSPS) is 23.1. The zero-order valence-corrected chi connectivity index (χ0v) is 16.0. The molecule has 0 aromatic heterocycles. The molecule has 1 heterocycles. The van der Waals surface area contributed by atoms with Crippen molar-refractivity contribution < 1.29 is 14.1 Å². The van der Waals surface area contributed by atoms with E-state index in [0.717, 1.165) is 55.6 Å². The summed E-state index contributed by atoms with van der Waals surface area (Å²) in [7, 11) is 1.67. The van der Waals surface area contributed by atoms with E-state index in [1.54, 1.807) is 7.05 Å². The Morgan fingerprint density at radius 3 is 2.48 bits per heavy atom. The first-order chi connectivity index (χ1) is 11.9. The summed E-state index contributed by atoms with van der Waals surface area (Å²) in [6.45, 7) is 8.29. The maximum atomic E-state index is 13.2. The van der Waals surface area contributed by atoms with Gasteiger partial charge in [0.25, 0.3) is 11.8 Å². The lowest BCUT2D eigenvalue weighted by Gasteiger charge is -2.46. The number of carbonyl (C=O) groups excluding carboxylic acids is 2. The van der Waals surface area contributed by atoms with Gasteiger partial charge in [0.05, 0.1) is 13.1 Å². The zero-order chi connectivity index (χ0) is 18.4. The van der Waals surface area contributed by atoms with E-state index in [1.165, 1.54) is 0 Å². The number of benzene rings is 1. The quantitative estimate of drug-likeness (QED) is 0.778. The van der Waals surface area contributed by atoms with Gasteiger partial charge in [-0.2, -0.15) is 0 Å². The van der Waals surface area contributed by atoms with Gasteiger partial charge in [0, 0.05) is 19.2 Å². The van der Waals surface area contributed by atoms with Gasteiger partial charge in [-0.25, -0.2) is 0 Å². The largest absolute Gasteiger partial charge is 0.354 e. The first-order valence-corrected chi connectivity index (χ1v) is 9.37. The van der Waals surface area contributed by atoms with Crippen LogP contribution in [0.3, 0.4) is 0 Å². The molecule has 2 rings (SSSR count). The Hall–Kier alpha value is -1.88. The predicted octanol–water partition coefficient (Wildman–Crippen LogP) is 2.77. The van der Waals surface area contributed by atoms with Crippen LogP contribution >= 0.6 is 0 Å². The molecule has 2 amide bonds. The van der Waals surface area contributed by atoms with Crippen LogP contribution in [0.15, 0.2) is 18.2 Å². The van der Waals surface area contributed by atoms with Crippen molar-refractivity contribution in [3.63, 3.8) is 0 Å². The summed E-state index contributed by atoms with van der Waals surface area (Å²) in [5, 5.41) is 5.90. The Labute approximate surface area is 151 Å². The lowest BCUT2D eigenvalue weighted by molar-refractivity contribution is -0.940. The van der Waals surface area contributed by atoms with Gasteiger partial charge in [-0.1, -0.05) is 25.1 Å². The summed E-state index contributed by atoms with van der Waals surface area (Å²) < 4.78 is 0.576. The highest BCUT2D eigenvalue weighted by Gasteiger charge is 2.44. The third-order valence-electron chi connectivity index (χ3n) is 5.43. The number of nitrogens with one attached hydrogen (secondary N) is 2. The molecule has 1 aromatic carbocycles. The van der Waals surface area contributed by atoms with Crippen molar-refractivity contribution in [1.82, 2.24) is 5.32 Å². The number of piperidine rings is 1. The van der Waals surface area contributed by atoms with E-state index in [4.69, 9.17) is 0 Å². The average molecular weight is 346 g/mol. The third-order valence-corrected chi connectivity index (χ3v) is 5.43. The number of hydrogen-bond acceptors (Lipinski definition) is 2. The van der Waals surface area contributed by atoms with E-state index in [9.17, 15) is 9.59 Å². The van der Waals surface area contributed by atoms with Crippen LogP contribution in [0, 0.1) is 13.8 Å². The molecule has 0 radical (unpaired) electrons. The SMILES string of the molecule is CCC[N+]1(CC(=O)NC)CCCC[C@H]1C(=O)Nc1c(C)cccc1C. The first-order valence-electron chi connectivity index (χ1n) is 9.37. The van der Waals surface area contributed by atoms with Crippen LogP contribution in [0.2, 0.25) is 0 Å². The van der Waals surface area contributed by atoms with E-state index in [-0.39, 0.29) is 17.9 Å². The zero-order valence-electron chi connectivity index (χ0n) is 16.0. The number of para-hydroxylation sites is 1. The molecule has 2 N–H and O–H groups in total. The molecule has 1 fully saturated rings. The number of aryl methyl sites for hydroxylation is 2. The van der Waals surface area contributed by atoms with E-state index in [2.05, 4.69) is 17.6 Å². The fourth-order valence-corrected chi connectivity index (χ4v) is 4.14. The predicted molar refractivity (Wildman–Crippen MR) is 101 cm³/mol. The van der Waals surface area contributed by atoms with Crippen molar-refractivity contribution >= 4 is 17.5 Å². The molecule has 1 aromatic rings. The minimum Gasteiger partial charge on any atom is -0.354 e. The fraction of sp³-hybridized carbons (Fsp3) is 0.600. The van der Waals surface area contributed by atoms with Gasteiger partial charge in [0.1, 0.15) is 0 Å². The van der Waals surface area contributed by atoms with Crippen molar-refractivity contribution in [3.05, 3.63) is 29.3 Å². The van der Waals surface area contributed by atoms with E-state index in [1.807, 2.05) is 32.0 Å². The summed E-state index contributed by atoms with van der Waals surface area (Å²) in [4.78, 5) is 25.3. The Balaban J connectivity index is 2.28. The van der Waals surface area contributed by atoms with Crippen molar-refractivity contribution in [1.29, 1.82) is 0 Å². The van der Waals surface area contributed by atoms with Gasteiger partial charge < -0.3 is 15.1 Å². The van der Waals surface area contributed by atoms with E-state index >= 15 is 0 Å². The molecule has 5 nitrogen and oxygen atoms in total. The van der Waals surface area contributed by atoms with Crippen LogP contribution in [-0.4, -0.2) is 49.0 Å². The fourth-order valence-electron chi connectivity index (χ4n) is 4.14. The maximum absolute atomic E-state index is 13.2. The second-order valence-corrected chi connectivity index (χ2v) is 7.26. The number of quaternary nitrogens is 1. The lowest BCUT2D eigenvalue weighted by Crippen LogP contribution is -2.65. The minimum atomic E-state index is -0.162. The number of likely N-dealkylation sites (tertiary alicyclic amines) is 1. The Bertz CT molecular complexity index is 605. The van der Waals surface area contributed by atoms with Gasteiger partial charge in [-0.15, -0.1) is 0 Å². The molecule has 138 valence electrons. The molecule has 0 aliphatic carbocycles. The molecule has 0 saturated carbocycles. The van der Waals surface area contributed by atoms with Gasteiger partial charge in [0.2, 0.25) is 0 Å². The number of amides is 2. The third kappa shape index (κ3) is 4.40. The average Bonchev–Trinajstić information content (AvgIpc) is 2.58. The second kappa shape index (κ2) is 8.48. The molecule has 25 heavy (non-hydrogen) atoms. The number of rotatable bonds is 6. The second-order valence-electron chi connectivity index (χ2n) is 7.26. The Kier molecular flexibility index (Phi) is 6.59. The lowest BCUT2D eigenvalue weighted by atomic mass is 9.96. The van der Waals surface area contributed by atoms with Crippen molar-refractivity contribution in [2.45, 2.75) is 52.5 Å². The number of anilines is 1. The van der Waals surface area contributed by atoms with Gasteiger partial charge in [0.15, 0.2) is 12.6 Å². The van der Waals surface area contributed by atoms with Gasteiger partial charge in [-0.05, 0) is 44.2 Å². The van der Waals surface area contributed by atoms with Crippen molar-refractivity contribution in [2.75, 3.05) is 32.0 Å². The summed E-state index contributed by atoms with van der Waals surface area (Å²) in [6, 6.07) is 5.87. The molecule has 2 atom stereocenters.